The minimum absolute atomic E-state index is 0.172. The van der Waals surface area contributed by atoms with Crippen molar-refractivity contribution in [2.24, 2.45) is 0 Å². The van der Waals surface area contributed by atoms with Crippen LogP contribution >= 0.6 is 11.3 Å². The van der Waals surface area contributed by atoms with E-state index in [-0.39, 0.29) is 11.9 Å². The molecule has 0 spiro atoms. The zero-order valence-electron chi connectivity index (χ0n) is 18.1. The van der Waals surface area contributed by atoms with Crippen LogP contribution in [0.1, 0.15) is 35.0 Å². The molecular weight excluding hydrogens is 414 g/mol. The first-order valence-electron chi connectivity index (χ1n) is 11.2. The quantitative estimate of drug-likeness (QED) is 0.371. The molecule has 1 atom stereocenters. The molecule has 4 aromatic rings. The van der Waals surface area contributed by atoms with E-state index in [9.17, 15) is 4.79 Å². The predicted molar refractivity (Wildman–Crippen MR) is 130 cm³/mol. The van der Waals surface area contributed by atoms with Gasteiger partial charge in [0.05, 0.1) is 22.8 Å². The minimum atomic E-state index is 0.172. The molecule has 2 heterocycles. The molecule has 1 fully saturated rings. The van der Waals surface area contributed by atoms with Gasteiger partial charge in [-0.05, 0) is 42.6 Å². The predicted octanol–water partition coefficient (Wildman–Crippen LogP) is 5.66. The molecule has 0 radical (unpaired) electrons. The monoisotopic (exact) mass is 441 g/mol. The second-order valence-corrected chi connectivity index (χ2v) is 9.43. The molecule has 5 rings (SSSR count). The van der Waals surface area contributed by atoms with Crippen LogP contribution in [0.5, 0.6) is 0 Å². The summed E-state index contributed by atoms with van der Waals surface area (Å²) < 4.78 is 1.22. The first-order valence-corrected chi connectivity index (χ1v) is 12.0. The summed E-state index contributed by atoms with van der Waals surface area (Å²) in [5, 5.41) is 1.13. The number of fused-ring (bicyclic) bond motifs is 1. The van der Waals surface area contributed by atoms with Gasteiger partial charge >= 0.3 is 0 Å². The van der Waals surface area contributed by atoms with Crippen LogP contribution in [0.15, 0.2) is 84.9 Å². The van der Waals surface area contributed by atoms with Crippen LogP contribution < -0.4 is 0 Å². The highest BCUT2D eigenvalue weighted by molar-refractivity contribution is 7.18. The standard InChI is InChI=1S/C27H27N3OS/c31-26(30(18-21-10-3-1-4-11-21)19-22-12-5-2-6-13-22)20-29-17-9-15-24(29)27-28-23-14-7-8-16-25(23)32-27/h1-8,10-14,16,24H,9,15,17-20H2/t24-/m0/s1. The van der Waals surface area contributed by atoms with Crippen molar-refractivity contribution in [2.75, 3.05) is 13.1 Å². The first-order chi connectivity index (χ1) is 15.8. The van der Waals surface area contributed by atoms with E-state index in [1.807, 2.05) is 47.4 Å². The highest BCUT2D eigenvalue weighted by Crippen LogP contribution is 2.36. The second-order valence-electron chi connectivity index (χ2n) is 8.37. The van der Waals surface area contributed by atoms with Gasteiger partial charge in [-0.25, -0.2) is 4.98 Å². The molecule has 0 unspecified atom stereocenters. The molecule has 3 aromatic carbocycles. The van der Waals surface area contributed by atoms with Crippen molar-refractivity contribution in [3.63, 3.8) is 0 Å². The smallest absolute Gasteiger partial charge is 0.237 e. The maximum Gasteiger partial charge on any atom is 0.237 e. The Hall–Kier alpha value is -3.02. The Morgan fingerprint density at radius 2 is 1.53 bits per heavy atom. The summed E-state index contributed by atoms with van der Waals surface area (Å²) in [6.45, 7) is 2.61. The number of hydrogen-bond donors (Lipinski definition) is 0. The van der Waals surface area contributed by atoms with E-state index in [4.69, 9.17) is 4.98 Å². The number of carbonyl (C=O) groups excluding carboxylic acids is 1. The molecule has 0 bridgehead atoms. The maximum absolute atomic E-state index is 13.5. The lowest BCUT2D eigenvalue weighted by Crippen LogP contribution is -2.39. The third-order valence-electron chi connectivity index (χ3n) is 6.08. The molecule has 1 aromatic heterocycles. The van der Waals surface area contributed by atoms with Gasteiger partial charge in [0.1, 0.15) is 5.01 Å². The number of carbonyl (C=O) groups is 1. The average molecular weight is 442 g/mol. The lowest BCUT2D eigenvalue weighted by Gasteiger charge is -2.28. The number of likely N-dealkylation sites (tertiary alicyclic amines) is 1. The second kappa shape index (κ2) is 9.63. The van der Waals surface area contributed by atoms with Gasteiger partial charge < -0.3 is 4.90 Å². The van der Waals surface area contributed by atoms with E-state index in [0.717, 1.165) is 41.0 Å². The number of thiazole rings is 1. The van der Waals surface area contributed by atoms with E-state index >= 15 is 0 Å². The lowest BCUT2D eigenvalue weighted by atomic mass is 10.1. The number of rotatable bonds is 7. The van der Waals surface area contributed by atoms with Crippen molar-refractivity contribution in [3.8, 4) is 0 Å². The van der Waals surface area contributed by atoms with Crippen LogP contribution in [0, 0.1) is 0 Å². The Bertz CT molecular complexity index is 1100. The fourth-order valence-corrected chi connectivity index (χ4v) is 5.58. The number of benzene rings is 3. The normalized spacial score (nSPS) is 16.4. The van der Waals surface area contributed by atoms with Crippen LogP contribution in [0.4, 0.5) is 0 Å². The van der Waals surface area contributed by atoms with E-state index in [2.05, 4.69) is 47.4 Å². The summed E-state index contributed by atoms with van der Waals surface area (Å²) in [4.78, 5) is 22.7. The van der Waals surface area contributed by atoms with Crippen molar-refractivity contribution in [3.05, 3.63) is 101 Å². The third-order valence-corrected chi connectivity index (χ3v) is 7.22. The Kier molecular flexibility index (Phi) is 6.28. The molecule has 0 aliphatic carbocycles. The van der Waals surface area contributed by atoms with Gasteiger partial charge in [0.2, 0.25) is 5.91 Å². The molecule has 1 amide bonds. The molecule has 1 aliphatic rings. The van der Waals surface area contributed by atoms with Crippen molar-refractivity contribution in [1.82, 2.24) is 14.8 Å². The zero-order valence-corrected chi connectivity index (χ0v) is 18.9. The summed E-state index contributed by atoms with van der Waals surface area (Å²) >= 11 is 1.76. The van der Waals surface area contributed by atoms with Crippen molar-refractivity contribution in [1.29, 1.82) is 0 Å². The van der Waals surface area contributed by atoms with Crippen molar-refractivity contribution < 1.29 is 4.79 Å². The Morgan fingerprint density at radius 3 is 2.19 bits per heavy atom. The van der Waals surface area contributed by atoms with Crippen LogP contribution in [-0.2, 0) is 17.9 Å². The Balaban J connectivity index is 1.34. The van der Waals surface area contributed by atoms with Gasteiger partial charge in [0.15, 0.2) is 0 Å². The number of para-hydroxylation sites is 1. The first kappa shape index (κ1) is 20.9. The van der Waals surface area contributed by atoms with Gasteiger partial charge in [-0.3, -0.25) is 9.69 Å². The highest BCUT2D eigenvalue weighted by atomic mass is 32.1. The Morgan fingerprint density at radius 1 is 0.906 bits per heavy atom. The number of hydrogen-bond acceptors (Lipinski definition) is 4. The number of nitrogens with zero attached hydrogens (tertiary/aromatic N) is 3. The van der Waals surface area contributed by atoms with Crippen LogP contribution in [0.3, 0.4) is 0 Å². The average Bonchev–Trinajstić information content (AvgIpc) is 3.46. The minimum Gasteiger partial charge on any atom is -0.333 e. The zero-order chi connectivity index (χ0) is 21.8. The third kappa shape index (κ3) is 4.74. The molecule has 1 aliphatic heterocycles. The molecule has 1 saturated heterocycles. The molecule has 4 nitrogen and oxygen atoms in total. The summed E-state index contributed by atoms with van der Waals surface area (Å²) in [5.74, 6) is 0.172. The van der Waals surface area contributed by atoms with Gasteiger partial charge in [-0.2, -0.15) is 0 Å². The molecule has 0 N–H and O–H groups in total. The number of aromatic nitrogens is 1. The molecular formula is C27H27N3OS. The Labute approximate surface area is 193 Å². The topological polar surface area (TPSA) is 36.4 Å². The van der Waals surface area contributed by atoms with E-state index in [0.29, 0.717) is 19.6 Å². The molecule has 32 heavy (non-hydrogen) atoms. The molecule has 5 heteroatoms. The van der Waals surface area contributed by atoms with Crippen molar-refractivity contribution in [2.45, 2.75) is 32.0 Å². The van der Waals surface area contributed by atoms with Crippen LogP contribution in [0.25, 0.3) is 10.2 Å². The SMILES string of the molecule is O=C(CN1CCC[C@H]1c1nc2ccccc2s1)N(Cc1ccccc1)Cc1ccccc1. The van der Waals surface area contributed by atoms with Gasteiger partial charge in [-0.1, -0.05) is 72.8 Å². The van der Waals surface area contributed by atoms with E-state index in [1.54, 1.807) is 11.3 Å². The summed E-state index contributed by atoms with van der Waals surface area (Å²) in [6.07, 6.45) is 2.16. The van der Waals surface area contributed by atoms with Gasteiger partial charge in [-0.15, -0.1) is 11.3 Å². The fourth-order valence-electron chi connectivity index (χ4n) is 4.44. The van der Waals surface area contributed by atoms with Crippen LogP contribution in [0.2, 0.25) is 0 Å². The van der Waals surface area contributed by atoms with E-state index in [1.165, 1.54) is 4.70 Å². The van der Waals surface area contributed by atoms with Crippen LogP contribution in [-0.4, -0.2) is 33.8 Å². The molecule has 162 valence electrons. The summed E-state index contributed by atoms with van der Waals surface area (Å²) in [6, 6.07) is 29.0. The summed E-state index contributed by atoms with van der Waals surface area (Å²) in [7, 11) is 0. The maximum atomic E-state index is 13.5. The molecule has 0 saturated carbocycles. The number of amides is 1. The van der Waals surface area contributed by atoms with Crippen molar-refractivity contribution >= 4 is 27.5 Å². The largest absolute Gasteiger partial charge is 0.333 e. The lowest BCUT2D eigenvalue weighted by molar-refractivity contribution is -0.134. The van der Waals surface area contributed by atoms with E-state index < -0.39 is 0 Å². The van der Waals surface area contributed by atoms with Gasteiger partial charge in [0, 0.05) is 13.1 Å². The van der Waals surface area contributed by atoms with Gasteiger partial charge in [0.25, 0.3) is 0 Å². The summed E-state index contributed by atoms with van der Waals surface area (Å²) in [5.41, 5.74) is 3.36. The fraction of sp³-hybridized carbons (Fsp3) is 0.259. The highest BCUT2D eigenvalue weighted by Gasteiger charge is 2.31.